The van der Waals surface area contributed by atoms with Crippen LogP contribution in [0.4, 0.5) is 5.95 Å². The fourth-order valence-electron chi connectivity index (χ4n) is 1.56. The van der Waals surface area contributed by atoms with Crippen molar-refractivity contribution >= 4 is 47.0 Å². The molecule has 1 aromatic carbocycles. The van der Waals surface area contributed by atoms with Crippen LogP contribution in [-0.2, 0) is 4.84 Å². The lowest BCUT2D eigenvalue weighted by Gasteiger charge is -2.09. The van der Waals surface area contributed by atoms with Gasteiger partial charge in [-0.2, -0.15) is 0 Å². The average molecular weight is 332 g/mol. The number of rotatable bonds is 3. The number of nitrogen functional groups attached to an aromatic ring is 1. The van der Waals surface area contributed by atoms with E-state index in [2.05, 4.69) is 20.0 Å². The predicted octanol–water partition coefficient (Wildman–Crippen LogP) is 3.67. The zero-order valence-corrected chi connectivity index (χ0v) is 12.5. The van der Waals surface area contributed by atoms with Gasteiger partial charge in [0.05, 0.1) is 22.5 Å². The van der Waals surface area contributed by atoms with Gasteiger partial charge in [0, 0.05) is 10.6 Å². The van der Waals surface area contributed by atoms with E-state index in [0.29, 0.717) is 26.9 Å². The van der Waals surface area contributed by atoms with E-state index in [4.69, 9.17) is 40.5 Å². The van der Waals surface area contributed by atoms with Gasteiger partial charge in [0.2, 0.25) is 5.95 Å². The Kier molecular flexibility index (Phi) is 4.65. The molecule has 2 rings (SSSR count). The van der Waals surface area contributed by atoms with Gasteiger partial charge in [0.25, 0.3) is 0 Å². The molecule has 0 aliphatic heterocycles. The fraction of sp³-hybridized carbons (Fsp3) is 0.0833. The van der Waals surface area contributed by atoms with Crippen LogP contribution in [0.15, 0.2) is 23.4 Å². The molecule has 0 fully saturated rings. The Labute approximate surface area is 130 Å². The number of nitrogens with zero attached hydrogens (tertiary/aromatic N) is 3. The second kappa shape index (κ2) is 6.26. The van der Waals surface area contributed by atoms with Gasteiger partial charge >= 0.3 is 0 Å². The summed E-state index contributed by atoms with van der Waals surface area (Å²) in [6, 6.07) is 5.00. The summed E-state index contributed by atoms with van der Waals surface area (Å²) in [5.74, 6) is 0.0329. The lowest BCUT2D eigenvalue weighted by molar-refractivity contribution is 0.215. The fourth-order valence-corrected chi connectivity index (χ4v) is 2.29. The Morgan fingerprint density at radius 2 is 2.00 bits per heavy atom. The zero-order valence-electron chi connectivity index (χ0n) is 10.3. The van der Waals surface area contributed by atoms with Crippen LogP contribution < -0.4 is 5.73 Å². The molecule has 0 aliphatic rings. The monoisotopic (exact) mass is 330 g/mol. The highest BCUT2D eigenvalue weighted by molar-refractivity contribution is 6.37. The first-order chi connectivity index (χ1) is 9.52. The first kappa shape index (κ1) is 14.8. The molecule has 0 aliphatic carbocycles. The Morgan fingerprint density at radius 3 is 2.65 bits per heavy atom. The van der Waals surface area contributed by atoms with E-state index in [1.807, 2.05) is 0 Å². The molecule has 20 heavy (non-hydrogen) atoms. The predicted molar refractivity (Wildman–Crippen MR) is 81.5 cm³/mol. The zero-order chi connectivity index (χ0) is 14.7. The number of hydrogen-bond donors (Lipinski definition) is 1. The molecule has 0 spiro atoms. The molecule has 0 bridgehead atoms. The molecule has 8 heteroatoms. The Bertz CT molecular complexity index is 676. The highest BCUT2D eigenvalue weighted by Crippen LogP contribution is 2.33. The van der Waals surface area contributed by atoms with Crippen molar-refractivity contribution in [2.45, 2.75) is 0 Å². The lowest BCUT2D eigenvalue weighted by Crippen LogP contribution is -2.03. The lowest BCUT2D eigenvalue weighted by atomic mass is 10.1. The van der Waals surface area contributed by atoms with Crippen molar-refractivity contribution in [1.29, 1.82) is 0 Å². The minimum Gasteiger partial charge on any atom is -0.399 e. The third-order valence-electron chi connectivity index (χ3n) is 2.39. The van der Waals surface area contributed by atoms with E-state index in [-0.39, 0.29) is 11.1 Å². The van der Waals surface area contributed by atoms with Gasteiger partial charge in [-0.05, 0) is 18.2 Å². The summed E-state index contributed by atoms with van der Waals surface area (Å²) in [5, 5.41) is 4.75. The van der Waals surface area contributed by atoms with Crippen molar-refractivity contribution in [2.24, 2.45) is 5.16 Å². The molecule has 1 heterocycles. The molecule has 0 saturated carbocycles. The molecule has 0 radical (unpaired) electrons. The summed E-state index contributed by atoms with van der Waals surface area (Å²) in [6.07, 6.45) is 1.39. The maximum atomic E-state index is 6.17. The summed E-state index contributed by atoms with van der Waals surface area (Å²) in [5.41, 5.74) is 7.14. The van der Waals surface area contributed by atoms with Crippen molar-refractivity contribution in [2.75, 3.05) is 12.8 Å². The molecule has 0 saturated heterocycles. The summed E-state index contributed by atoms with van der Waals surface area (Å²) in [6.45, 7) is 0. The molecule has 2 aromatic rings. The minimum absolute atomic E-state index is 0.0329. The number of anilines is 1. The Balaban J connectivity index is 2.68. The molecule has 5 nitrogen and oxygen atoms in total. The van der Waals surface area contributed by atoms with Gasteiger partial charge in [0.15, 0.2) is 0 Å². The van der Waals surface area contributed by atoms with Crippen LogP contribution in [0.2, 0.25) is 15.2 Å². The first-order valence-electron chi connectivity index (χ1n) is 5.38. The summed E-state index contributed by atoms with van der Waals surface area (Å²) in [7, 11) is 1.41. The molecule has 1 aromatic heterocycles. The number of halogens is 3. The highest BCUT2D eigenvalue weighted by Gasteiger charge is 2.15. The SMILES string of the molecule is CO/N=C/c1c(Cl)nc(N)nc1-c1ccc(Cl)cc1Cl. The molecular weight excluding hydrogens is 323 g/mol. The van der Waals surface area contributed by atoms with E-state index in [1.54, 1.807) is 18.2 Å². The van der Waals surface area contributed by atoms with E-state index in [1.165, 1.54) is 13.3 Å². The standard InChI is InChI=1S/C12H9Cl3N4O/c1-20-17-5-8-10(18-12(16)19-11(8)15)7-3-2-6(13)4-9(7)14/h2-5H,1H3,(H2,16,18,19)/b17-5+. The Morgan fingerprint density at radius 1 is 1.25 bits per heavy atom. The van der Waals surface area contributed by atoms with Crippen molar-refractivity contribution in [3.05, 3.63) is 39.0 Å². The van der Waals surface area contributed by atoms with Crippen molar-refractivity contribution in [1.82, 2.24) is 9.97 Å². The second-order valence-electron chi connectivity index (χ2n) is 3.68. The van der Waals surface area contributed by atoms with Gasteiger partial charge in [-0.15, -0.1) is 0 Å². The smallest absolute Gasteiger partial charge is 0.222 e. The summed E-state index contributed by atoms with van der Waals surface area (Å²) >= 11 is 18.1. The van der Waals surface area contributed by atoms with E-state index in [9.17, 15) is 0 Å². The number of aromatic nitrogens is 2. The van der Waals surface area contributed by atoms with Gasteiger partial charge in [0.1, 0.15) is 12.3 Å². The highest BCUT2D eigenvalue weighted by atomic mass is 35.5. The van der Waals surface area contributed by atoms with Gasteiger partial charge in [-0.1, -0.05) is 40.0 Å². The number of oxime groups is 1. The normalized spacial score (nSPS) is 11.0. The maximum Gasteiger partial charge on any atom is 0.222 e. The van der Waals surface area contributed by atoms with Crippen molar-refractivity contribution in [3.8, 4) is 11.3 Å². The van der Waals surface area contributed by atoms with Crippen LogP contribution in [0.25, 0.3) is 11.3 Å². The third-order valence-corrected chi connectivity index (χ3v) is 3.23. The summed E-state index contributed by atoms with van der Waals surface area (Å²) in [4.78, 5) is 12.7. The van der Waals surface area contributed by atoms with Crippen LogP contribution in [0.1, 0.15) is 5.56 Å². The third kappa shape index (κ3) is 3.12. The van der Waals surface area contributed by atoms with Crippen LogP contribution in [0.3, 0.4) is 0 Å². The van der Waals surface area contributed by atoms with Crippen LogP contribution in [0, 0.1) is 0 Å². The topological polar surface area (TPSA) is 73.4 Å². The van der Waals surface area contributed by atoms with E-state index in [0.717, 1.165) is 0 Å². The van der Waals surface area contributed by atoms with Crippen LogP contribution in [-0.4, -0.2) is 23.3 Å². The maximum absolute atomic E-state index is 6.17. The second-order valence-corrected chi connectivity index (χ2v) is 4.88. The van der Waals surface area contributed by atoms with Gasteiger partial charge < -0.3 is 10.6 Å². The molecule has 0 unspecified atom stereocenters. The molecule has 0 atom stereocenters. The average Bonchev–Trinajstić information content (AvgIpc) is 2.37. The Hall–Kier alpha value is -1.56. The van der Waals surface area contributed by atoms with Gasteiger partial charge in [-0.3, -0.25) is 0 Å². The molecule has 2 N–H and O–H groups in total. The molecule has 104 valence electrons. The van der Waals surface area contributed by atoms with E-state index >= 15 is 0 Å². The minimum atomic E-state index is 0.0329. The summed E-state index contributed by atoms with van der Waals surface area (Å²) < 4.78 is 0. The van der Waals surface area contributed by atoms with Crippen molar-refractivity contribution in [3.63, 3.8) is 0 Å². The van der Waals surface area contributed by atoms with Crippen LogP contribution >= 0.6 is 34.8 Å². The molecular formula is C12H9Cl3N4O. The number of nitrogens with two attached hydrogens (primary N) is 1. The largest absolute Gasteiger partial charge is 0.399 e. The number of benzene rings is 1. The first-order valence-corrected chi connectivity index (χ1v) is 6.51. The quantitative estimate of drug-likeness (QED) is 0.529. The van der Waals surface area contributed by atoms with Gasteiger partial charge in [-0.25, -0.2) is 9.97 Å². The van der Waals surface area contributed by atoms with Crippen molar-refractivity contribution < 1.29 is 4.84 Å². The van der Waals surface area contributed by atoms with E-state index < -0.39 is 0 Å². The van der Waals surface area contributed by atoms with Crippen LogP contribution in [0.5, 0.6) is 0 Å². The molecule has 0 amide bonds. The number of hydrogen-bond acceptors (Lipinski definition) is 5.